The molecule has 0 aliphatic carbocycles. The summed E-state index contributed by atoms with van der Waals surface area (Å²) >= 11 is 9.27. The van der Waals surface area contributed by atoms with Crippen LogP contribution in [0.5, 0.6) is 0 Å². The van der Waals surface area contributed by atoms with Gasteiger partial charge in [0.05, 0.1) is 12.2 Å². The number of pyridine rings is 1. The molecule has 0 saturated heterocycles. The van der Waals surface area contributed by atoms with Crippen LogP contribution in [0.1, 0.15) is 17.2 Å². The highest BCUT2D eigenvalue weighted by Gasteiger charge is 2.18. The molecular formula is C12H10BrClFN3. The molecule has 94 valence electrons. The van der Waals surface area contributed by atoms with Gasteiger partial charge in [0.25, 0.3) is 0 Å². The van der Waals surface area contributed by atoms with Crippen molar-refractivity contribution in [3.05, 3.63) is 63.1 Å². The van der Waals surface area contributed by atoms with Gasteiger partial charge >= 0.3 is 0 Å². The number of aromatic nitrogens is 1. The van der Waals surface area contributed by atoms with Crippen molar-refractivity contribution in [3.63, 3.8) is 0 Å². The van der Waals surface area contributed by atoms with Crippen LogP contribution >= 0.6 is 27.5 Å². The van der Waals surface area contributed by atoms with Gasteiger partial charge in [0.1, 0.15) is 5.82 Å². The van der Waals surface area contributed by atoms with Gasteiger partial charge in [-0.05, 0) is 23.8 Å². The van der Waals surface area contributed by atoms with Crippen molar-refractivity contribution >= 4 is 27.5 Å². The normalized spacial score (nSPS) is 12.4. The van der Waals surface area contributed by atoms with Gasteiger partial charge in [0.2, 0.25) is 0 Å². The summed E-state index contributed by atoms with van der Waals surface area (Å²) in [6, 6.07) is 6.36. The van der Waals surface area contributed by atoms with Crippen LogP contribution in [0.4, 0.5) is 4.39 Å². The van der Waals surface area contributed by atoms with Crippen molar-refractivity contribution in [1.82, 2.24) is 10.4 Å². The zero-order chi connectivity index (χ0) is 13.1. The Morgan fingerprint density at radius 3 is 2.72 bits per heavy atom. The standard InChI is InChI=1S/C12H10BrClFN3/c13-10-5-7(14)1-2-8(10)12(18-16)9-3-4-17-6-11(9)15/h1-6,12,18H,16H2. The van der Waals surface area contributed by atoms with Gasteiger partial charge in [-0.2, -0.15) is 0 Å². The predicted molar refractivity (Wildman–Crippen MR) is 72.5 cm³/mol. The Balaban J connectivity index is 2.49. The van der Waals surface area contributed by atoms with E-state index in [1.54, 1.807) is 24.3 Å². The Labute approximate surface area is 117 Å². The molecule has 0 aliphatic rings. The summed E-state index contributed by atoms with van der Waals surface area (Å²) in [5, 5.41) is 0.594. The van der Waals surface area contributed by atoms with E-state index in [0.29, 0.717) is 10.6 Å². The van der Waals surface area contributed by atoms with Crippen molar-refractivity contribution in [3.8, 4) is 0 Å². The minimum absolute atomic E-state index is 0.415. The van der Waals surface area contributed by atoms with Crippen LogP contribution < -0.4 is 11.3 Å². The quantitative estimate of drug-likeness (QED) is 0.671. The lowest BCUT2D eigenvalue weighted by atomic mass is 10.00. The van der Waals surface area contributed by atoms with E-state index in [2.05, 4.69) is 26.3 Å². The van der Waals surface area contributed by atoms with E-state index in [0.717, 1.165) is 16.2 Å². The summed E-state index contributed by atoms with van der Waals surface area (Å²) in [5.74, 6) is 5.11. The first kappa shape index (κ1) is 13.4. The second kappa shape index (κ2) is 5.75. The number of nitrogens with one attached hydrogen (secondary N) is 1. The van der Waals surface area contributed by atoms with Gasteiger partial charge in [-0.25, -0.2) is 9.82 Å². The molecule has 1 unspecified atom stereocenters. The van der Waals surface area contributed by atoms with Crippen LogP contribution in [0.3, 0.4) is 0 Å². The van der Waals surface area contributed by atoms with Crippen LogP contribution in [0.25, 0.3) is 0 Å². The van der Waals surface area contributed by atoms with Gasteiger partial charge in [-0.15, -0.1) is 0 Å². The smallest absolute Gasteiger partial charge is 0.146 e. The maximum absolute atomic E-state index is 13.7. The lowest BCUT2D eigenvalue weighted by Crippen LogP contribution is -2.29. The summed E-state index contributed by atoms with van der Waals surface area (Å²) in [6.45, 7) is 0. The molecule has 3 N–H and O–H groups in total. The number of hydrogen-bond donors (Lipinski definition) is 2. The van der Waals surface area contributed by atoms with Gasteiger partial charge in [-0.3, -0.25) is 10.8 Å². The molecule has 1 aromatic heterocycles. The van der Waals surface area contributed by atoms with Crippen LogP contribution in [-0.2, 0) is 0 Å². The summed E-state index contributed by atoms with van der Waals surface area (Å²) in [7, 11) is 0. The molecule has 2 rings (SSSR count). The first-order valence-corrected chi connectivity index (χ1v) is 6.31. The highest BCUT2D eigenvalue weighted by Crippen LogP contribution is 2.31. The molecule has 1 heterocycles. The molecular weight excluding hydrogens is 321 g/mol. The largest absolute Gasteiger partial charge is 0.271 e. The molecule has 3 nitrogen and oxygen atoms in total. The van der Waals surface area contributed by atoms with Crippen molar-refractivity contribution in [2.24, 2.45) is 5.84 Å². The SMILES string of the molecule is NNC(c1ccncc1F)c1ccc(Cl)cc1Br. The highest BCUT2D eigenvalue weighted by molar-refractivity contribution is 9.10. The average molecular weight is 331 g/mol. The summed E-state index contributed by atoms with van der Waals surface area (Å²) in [5.41, 5.74) is 3.82. The van der Waals surface area contributed by atoms with E-state index in [1.165, 1.54) is 6.20 Å². The van der Waals surface area contributed by atoms with Crippen LogP contribution in [-0.4, -0.2) is 4.98 Å². The third kappa shape index (κ3) is 2.70. The van der Waals surface area contributed by atoms with Gasteiger partial charge in [0.15, 0.2) is 0 Å². The predicted octanol–water partition coefficient (Wildman–Crippen LogP) is 3.19. The number of halogens is 3. The Morgan fingerprint density at radius 1 is 1.33 bits per heavy atom. The average Bonchev–Trinajstić information content (AvgIpc) is 2.34. The highest BCUT2D eigenvalue weighted by atomic mass is 79.9. The van der Waals surface area contributed by atoms with Crippen molar-refractivity contribution < 1.29 is 4.39 Å². The zero-order valence-corrected chi connectivity index (χ0v) is 11.5. The molecule has 2 aromatic rings. The fourth-order valence-electron chi connectivity index (χ4n) is 1.70. The Kier molecular flexibility index (Phi) is 4.29. The lowest BCUT2D eigenvalue weighted by Gasteiger charge is -2.18. The van der Waals surface area contributed by atoms with Crippen molar-refractivity contribution in [1.29, 1.82) is 0 Å². The third-order valence-corrected chi connectivity index (χ3v) is 3.48. The summed E-state index contributed by atoms with van der Waals surface area (Å²) in [6.07, 6.45) is 2.68. The lowest BCUT2D eigenvalue weighted by molar-refractivity contribution is 0.555. The van der Waals surface area contributed by atoms with E-state index < -0.39 is 11.9 Å². The second-order valence-electron chi connectivity index (χ2n) is 3.66. The summed E-state index contributed by atoms with van der Waals surface area (Å²) in [4.78, 5) is 3.72. The van der Waals surface area contributed by atoms with Crippen LogP contribution in [0.2, 0.25) is 5.02 Å². The fourth-order valence-corrected chi connectivity index (χ4v) is 2.61. The van der Waals surface area contributed by atoms with Crippen LogP contribution in [0, 0.1) is 5.82 Å². The fraction of sp³-hybridized carbons (Fsp3) is 0.0833. The molecule has 6 heteroatoms. The third-order valence-electron chi connectivity index (χ3n) is 2.55. The number of hydrazine groups is 1. The molecule has 18 heavy (non-hydrogen) atoms. The number of rotatable bonds is 3. The molecule has 0 saturated carbocycles. The van der Waals surface area contributed by atoms with Crippen LogP contribution in [0.15, 0.2) is 41.1 Å². The molecule has 0 amide bonds. The minimum Gasteiger partial charge on any atom is -0.271 e. The van der Waals surface area contributed by atoms with Crippen molar-refractivity contribution in [2.45, 2.75) is 6.04 Å². The van der Waals surface area contributed by atoms with E-state index in [1.807, 2.05) is 0 Å². The van der Waals surface area contributed by atoms with Gasteiger partial charge in [0, 0.05) is 21.3 Å². The van der Waals surface area contributed by atoms with Gasteiger partial charge < -0.3 is 0 Å². The number of benzene rings is 1. The molecule has 0 bridgehead atoms. The van der Waals surface area contributed by atoms with E-state index >= 15 is 0 Å². The van der Waals surface area contributed by atoms with Gasteiger partial charge in [-0.1, -0.05) is 33.6 Å². The molecule has 0 spiro atoms. The first-order valence-electron chi connectivity index (χ1n) is 5.14. The monoisotopic (exact) mass is 329 g/mol. The maximum Gasteiger partial charge on any atom is 0.146 e. The van der Waals surface area contributed by atoms with E-state index in [-0.39, 0.29) is 0 Å². The molecule has 0 radical (unpaired) electrons. The van der Waals surface area contributed by atoms with E-state index in [9.17, 15) is 4.39 Å². The Hall–Kier alpha value is -1.01. The minimum atomic E-state index is -0.473. The number of nitrogens with zero attached hydrogens (tertiary/aromatic N) is 1. The maximum atomic E-state index is 13.7. The Morgan fingerprint density at radius 2 is 2.11 bits per heavy atom. The molecule has 1 atom stereocenters. The Bertz CT molecular complexity index is 565. The first-order chi connectivity index (χ1) is 8.63. The zero-order valence-electron chi connectivity index (χ0n) is 9.20. The van der Waals surface area contributed by atoms with E-state index in [4.69, 9.17) is 17.4 Å². The number of nitrogens with two attached hydrogens (primary N) is 1. The molecule has 0 aliphatic heterocycles. The molecule has 0 fully saturated rings. The number of hydrogen-bond acceptors (Lipinski definition) is 3. The molecule has 1 aromatic carbocycles. The summed E-state index contributed by atoms with van der Waals surface area (Å²) < 4.78 is 14.5. The topological polar surface area (TPSA) is 50.9 Å². The second-order valence-corrected chi connectivity index (χ2v) is 4.95. The van der Waals surface area contributed by atoms with Crippen molar-refractivity contribution in [2.75, 3.05) is 0 Å².